The van der Waals surface area contributed by atoms with E-state index in [0.29, 0.717) is 44.5 Å². The summed E-state index contributed by atoms with van der Waals surface area (Å²) in [6.45, 7) is 6.62. The molecule has 0 fully saturated rings. The van der Waals surface area contributed by atoms with Gasteiger partial charge in [0.25, 0.3) is 0 Å². The molecule has 1 aromatic rings. The van der Waals surface area contributed by atoms with Crippen molar-refractivity contribution >= 4 is 5.96 Å². The van der Waals surface area contributed by atoms with Gasteiger partial charge in [-0.3, -0.25) is 4.90 Å². The van der Waals surface area contributed by atoms with Gasteiger partial charge >= 0.3 is 6.18 Å². The van der Waals surface area contributed by atoms with Gasteiger partial charge in [0.2, 0.25) is 5.89 Å². The number of rotatable bonds is 8. The zero-order chi connectivity index (χ0) is 18.2. The highest BCUT2D eigenvalue weighted by atomic mass is 19.4. The van der Waals surface area contributed by atoms with E-state index < -0.39 is 12.7 Å². The number of nitrogens with zero attached hydrogens (tertiary/aromatic N) is 3. The van der Waals surface area contributed by atoms with Gasteiger partial charge in [0.15, 0.2) is 5.96 Å². The second-order valence-electron chi connectivity index (χ2n) is 5.58. The Kier molecular flexibility index (Phi) is 8.03. The van der Waals surface area contributed by atoms with Gasteiger partial charge < -0.3 is 15.1 Å². The summed E-state index contributed by atoms with van der Waals surface area (Å²) < 4.78 is 42.2. The van der Waals surface area contributed by atoms with Crippen LogP contribution in [-0.2, 0) is 6.54 Å². The first-order valence-corrected chi connectivity index (χ1v) is 7.91. The van der Waals surface area contributed by atoms with E-state index in [1.807, 2.05) is 20.8 Å². The summed E-state index contributed by atoms with van der Waals surface area (Å²) in [5.41, 5.74) is 0.839. The van der Waals surface area contributed by atoms with Crippen molar-refractivity contribution in [2.75, 3.05) is 33.2 Å². The molecule has 0 bridgehead atoms. The Morgan fingerprint density at radius 1 is 1.29 bits per heavy atom. The largest absolute Gasteiger partial charge is 0.444 e. The zero-order valence-corrected chi connectivity index (χ0v) is 14.6. The third-order valence-corrected chi connectivity index (χ3v) is 3.25. The number of hydrogen-bond donors (Lipinski definition) is 2. The fraction of sp³-hybridized carbons (Fsp3) is 0.733. The second-order valence-corrected chi connectivity index (χ2v) is 5.58. The zero-order valence-electron chi connectivity index (χ0n) is 14.6. The van der Waals surface area contributed by atoms with Gasteiger partial charge in [-0.25, -0.2) is 9.98 Å². The van der Waals surface area contributed by atoms with Crippen molar-refractivity contribution < 1.29 is 17.6 Å². The molecule has 0 saturated heterocycles. The molecule has 0 aliphatic carbocycles. The van der Waals surface area contributed by atoms with Crippen molar-refractivity contribution in [3.05, 3.63) is 17.3 Å². The van der Waals surface area contributed by atoms with E-state index >= 15 is 0 Å². The maximum Gasteiger partial charge on any atom is 0.401 e. The molecule has 0 unspecified atom stereocenters. The molecule has 138 valence electrons. The average Bonchev–Trinajstić information content (AvgIpc) is 2.77. The van der Waals surface area contributed by atoms with E-state index in [1.54, 1.807) is 0 Å². The molecule has 6 nitrogen and oxygen atoms in total. The topological polar surface area (TPSA) is 65.7 Å². The van der Waals surface area contributed by atoms with Gasteiger partial charge in [0.05, 0.1) is 12.2 Å². The van der Waals surface area contributed by atoms with Crippen molar-refractivity contribution in [3.63, 3.8) is 0 Å². The molecular weight excluding hydrogens is 323 g/mol. The Bertz CT molecular complexity index is 508. The van der Waals surface area contributed by atoms with Crippen molar-refractivity contribution in [3.8, 4) is 0 Å². The number of alkyl halides is 3. The first-order chi connectivity index (χ1) is 11.2. The number of hydrogen-bond acceptors (Lipinski definition) is 4. The van der Waals surface area contributed by atoms with Crippen LogP contribution in [0.4, 0.5) is 13.2 Å². The Morgan fingerprint density at radius 2 is 2.00 bits per heavy atom. The summed E-state index contributed by atoms with van der Waals surface area (Å²) in [7, 11) is 1.46. The van der Waals surface area contributed by atoms with E-state index in [2.05, 4.69) is 20.6 Å². The number of halogens is 3. The number of aryl methyl sites for hydroxylation is 2. The molecule has 0 aliphatic heterocycles. The van der Waals surface area contributed by atoms with Crippen molar-refractivity contribution in [2.24, 2.45) is 4.99 Å². The van der Waals surface area contributed by atoms with Gasteiger partial charge in [-0.05, 0) is 40.8 Å². The van der Waals surface area contributed by atoms with Crippen LogP contribution < -0.4 is 10.6 Å². The lowest BCUT2D eigenvalue weighted by Gasteiger charge is -2.18. The lowest BCUT2D eigenvalue weighted by atomic mass is 10.4. The third kappa shape index (κ3) is 8.19. The van der Waals surface area contributed by atoms with Crippen LogP contribution in [0.3, 0.4) is 0 Å². The van der Waals surface area contributed by atoms with Crippen LogP contribution in [0.25, 0.3) is 0 Å². The minimum atomic E-state index is -4.16. The molecule has 1 aromatic heterocycles. The van der Waals surface area contributed by atoms with Crippen LogP contribution in [-0.4, -0.2) is 55.2 Å². The lowest BCUT2D eigenvalue weighted by Crippen LogP contribution is -2.39. The van der Waals surface area contributed by atoms with E-state index in [4.69, 9.17) is 4.42 Å². The Morgan fingerprint density at radius 3 is 2.54 bits per heavy atom. The molecule has 0 atom stereocenters. The van der Waals surface area contributed by atoms with Gasteiger partial charge in [-0.15, -0.1) is 0 Å². The Hall–Kier alpha value is -1.77. The Balaban J connectivity index is 2.38. The van der Waals surface area contributed by atoms with Crippen LogP contribution in [0, 0.1) is 13.8 Å². The fourth-order valence-corrected chi connectivity index (χ4v) is 2.04. The van der Waals surface area contributed by atoms with Crippen molar-refractivity contribution in [1.29, 1.82) is 0 Å². The number of aromatic nitrogens is 1. The molecule has 24 heavy (non-hydrogen) atoms. The maximum atomic E-state index is 12.2. The SMILES string of the molecule is CCNC(=NCc1nc(C)c(C)o1)NCCCN(C)CC(F)(F)F. The van der Waals surface area contributed by atoms with Crippen LogP contribution in [0.1, 0.15) is 30.7 Å². The van der Waals surface area contributed by atoms with Crippen LogP contribution in [0.5, 0.6) is 0 Å². The minimum absolute atomic E-state index is 0.304. The second kappa shape index (κ2) is 9.51. The van der Waals surface area contributed by atoms with Gasteiger partial charge in [-0.1, -0.05) is 0 Å². The molecule has 0 amide bonds. The molecule has 0 radical (unpaired) electrons. The van der Waals surface area contributed by atoms with E-state index in [1.165, 1.54) is 11.9 Å². The lowest BCUT2D eigenvalue weighted by molar-refractivity contribution is -0.143. The highest BCUT2D eigenvalue weighted by Crippen LogP contribution is 2.15. The molecule has 2 N–H and O–H groups in total. The third-order valence-electron chi connectivity index (χ3n) is 3.25. The molecule has 9 heteroatoms. The quantitative estimate of drug-likeness (QED) is 0.428. The average molecular weight is 349 g/mol. The van der Waals surface area contributed by atoms with Gasteiger partial charge in [0.1, 0.15) is 12.3 Å². The predicted octanol–water partition coefficient (Wildman–Crippen LogP) is 2.23. The van der Waals surface area contributed by atoms with Crippen LogP contribution >= 0.6 is 0 Å². The molecule has 0 spiro atoms. The highest BCUT2D eigenvalue weighted by molar-refractivity contribution is 5.79. The molecule has 0 aromatic carbocycles. The van der Waals surface area contributed by atoms with Crippen molar-refractivity contribution in [2.45, 2.75) is 39.9 Å². The minimum Gasteiger partial charge on any atom is -0.444 e. The molecule has 0 saturated carbocycles. The molecule has 1 heterocycles. The summed E-state index contributed by atoms with van der Waals surface area (Å²) in [4.78, 5) is 9.87. The molecular formula is C15H26F3N5O. The van der Waals surface area contributed by atoms with Crippen molar-refractivity contribution in [1.82, 2.24) is 20.5 Å². The standard InChI is InChI=1S/C15H26F3N5O/c1-5-19-14(21-9-13-22-11(2)12(3)24-13)20-7-6-8-23(4)10-15(16,17)18/h5-10H2,1-4H3,(H2,19,20,21). The summed E-state index contributed by atoms with van der Waals surface area (Å²) in [5, 5.41) is 6.17. The summed E-state index contributed by atoms with van der Waals surface area (Å²) in [6, 6.07) is 0. The number of nitrogens with one attached hydrogen (secondary N) is 2. The first-order valence-electron chi connectivity index (χ1n) is 7.91. The Labute approximate surface area is 140 Å². The monoisotopic (exact) mass is 349 g/mol. The maximum absolute atomic E-state index is 12.2. The fourth-order valence-electron chi connectivity index (χ4n) is 2.04. The first kappa shape index (κ1) is 20.3. The summed E-state index contributed by atoms with van der Waals surface area (Å²) in [5.74, 6) is 1.89. The van der Waals surface area contributed by atoms with E-state index in [-0.39, 0.29) is 0 Å². The van der Waals surface area contributed by atoms with E-state index in [9.17, 15) is 13.2 Å². The predicted molar refractivity (Wildman–Crippen MR) is 87.0 cm³/mol. The smallest absolute Gasteiger partial charge is 0.401 e. The number of aliphatic imine (C=N–C) groups is 1. The van der Waals surface area contributed by atoms with Crippen LogP contribution in [0.15, 0.2) is 9.41 Å². The summed E-state index contributed by atoms with van der Waals surface area (Å²) >= 11 is 0. The van der Waals surface area contributed by atoms with E-state index in [0.717, 1.165) is 11.5 Å². The summed E-state index contributed by atoms with van der Waals surface area (Å²) in [6.07, 6.45) is -3.58. The normalized spacial score (nSPS) is 12.8. The van der Waals surface area contributed by atoms with Gasteiger partial charge in [-0.2, -0.15) is 13.2 Å². The number of guanidine groups is 1. The number of oxazole rings is 1. The van der Waals surface area contributed by atoms with Gasteiger partial charge in [0, 0.05) is 13.1 Å². The highest BCUT2D eigenvalue weighted by Gasteiger charge is 2.28. The van der Waals surface area contributed by atoms with Crippen LogP contribution in [0.2, 0.25) is 0 Å². The molecule has 0 aliphatic rings. The molecule has 1 rings (SSSR count).